The molecule has 1 heterocycles. The molecule has 1 aliphatic heterocycles. The Labute approximate surface area is 107 Å². The molecule has 2 aliphatic rings. The van der Waals surface area contributed by atoms with Gasteiger partial charge in [-0.25, -0.2) is 0 Å². The molecule has 0 N–H and O–H groups in total. The van der Waals surface area contributed by atoms with Crippen molar-refractivity contribution in [3.63, 3.8) is 0 Å². The van der Waals surface area contributed by atoms with Crippen LogP contribution in [-0.2, 0) is 9.47 Å². The van der Waals surface area contributed by atoms with Gasteiger partial charge in [0.2, 0.25) is 0 Å². The van der Waals surface area contributed by atoms with Gasteiger partial charge in [-0.15, -0.1) is 0 Å². The molecule has 1 fully saturated rings. The monoisotopic (exact) mass is 288 g/mol. The number of hydrogen-bond donors (Lipinski definition) is 0. The highest BCUT2D eigenvalue weighted by atomic mass is 79.9. The summed E-state index contributed by atoms with van der Waals surface area (Å²) in [7, 11) is 0. The minimum atomic E-state index is -0.0583. The zero-order valence-corrected chi connectivity index (χ0v) is 11.9. The van der Waals surface area contributed by atoms with E-state index in [0.717, 1.165) is 18.5 Å². The van der Waals surface area contributed by atoms with Gasteiger partial charge in [0.1, 0.15) is 0 Å². The number of halogens is 1. The van der Waals surface area contributed by atoms with Gasteiger partial charge in [-0.2, -0.15) is 0 Å². The van der Waals surface area contributed by atoms with Crippen molar-refractivity contribution >= 4 is 15.9 Å². The van der Waals surface area contributed by atoms with E-state index in [1.165, 1.54) is 12.0 Å². The Balaban J connectivity index is 2.13. The van der Waals surface area contributed by atoms with Crippen molar-refractivity contribution in [1.82, 2.24) is 0 Å². The van der Waals surface area contributed by atoms with E-state index in [1.807, 2.05) is 0 Å². The summed E-state index contributed by atoms with van der Waals surface area (Å²) in [5.41, 5.74) is 1.70. The van der Waals surface area contributed by atoms with E-state index in [-0.39, 0.29) is 11.7 Å². The molecular weight excluding hydrogens is 268 g/mol. The third-order valence-electron chi connectivity index (χ3n) is 4.25. The second-order valence-corrected chi connectivity index (χ2v) is 5.99. The molecular formula is C13H21BrO2. The summed E-state index contributed by atoms with van der Waals surface area (Å²) >= 11 is 3.40. The Kier molecular flexibility index (Phi) is 3.77. The van der Waals surface area contributed by atoms with Gasteiger partial charge in [-0.1, -0.05) is 41.4 Å². The van der Waals surface area contributed by atoms with Gasteiger partial charge in [0, 0.05) is 5.41 Å². The second-order valence-electron chi connectivity index (χ2n) is 5.35. The molecule has 3 heteroatoms. The Morgan fingerprint density at radius 1 is 1.38 bits per heavy atom. The van der Waals surface area contributed by atoms with Gasteiger partial charge in [0.25, 0.3) is 0 Å². The third kappa shape index (κ3) is 2.09. The Bertz CT molecular complexity index is 280. The fourth-order valence-corrected chi connectivity index (χ4v) is 3.39. The number of hydrogen-bond acceptors (Lipinski definition) is 2. The quantitative estimate of drug-likeness (QED) is 0.544. The molecule has 0 saturated carbocycles. The number of ether oxygens (including phenoxy) is 2. The van der Waals surface area contributed by atoms with Gasteiger partial charge < -0.3 is 9.47 Å². The van der Waals surface area contributed by atoms with Crippen LogP contribution in [0.25, 0.3) is 0 Å². The zero-order chi connectivity index (χ0) is 11.8. The molecule has 0 radical (unpaired) electrons. The van der Waals surface area contributed by atoms with Gasteiger partial charge in [0.05, 0.1) is 18.5 Å². The summed E-state index contributed by atoms with van der Waals surface area (Å²) in [6.07, 6.45) is 3.51. The highest BCUT2D eigenvalue weighted by Crippen LogP contribution is 2.46. The second kappa shape index (κ2) is 4.79. The molecule has 0 unspecified atom stereocenters. The van der Waals surface area contributed by atoms with Gasteiger partial charge in [-0.05, 0) is 25.2 Å². The maximum absolute atomic E-state index is 5.80. The van der Waals surface area contributed by atoms with E-state index in [1.54, 1.807) is 0 Å². The van der Waals surface area contributed by atoms with Crippen molar-refractivity contribution in [3.05, 3.63) is 11.6 Å². The number of alkyl halides is 1. The lowest BCUT2D eigenvalue weighted by atomic mass is 9.63. The van der Waals surface area contributed by atoms with Crippen LogP contribution < -0.4 is 0 Å². The minimum absolute atomic E-state index is 0.0583. The van der Waals surface area contributed by atoms with E-state index >= 15 is 0 Å². The highest BCUT2D eigenvalue weighted by molar-refractivity contribution is 9.09. The van der Waals surface area contributed by atoms with Crippen LogP contribution >= 0.6 is 15.9 Å². The van der Waals surface area contributed by atoms with Crippen LogP contribution in [0, 0.1) is 17.3 Å². The first-order chi connectivity index (χ1) is 7.58. The molecule has 1 aliphatic carbocycles. The minimum Gasteiger partial charge on any atom is -0.351 e. The van der Waals surface area contributed by atoms with Gasteiger partial charge in [-0.3, -0.25) is 0 Å². The van der Waals surface area contributed by atoms with Crippen LogP contribution in [0.15, 0.2) is 11.6 Å². The molecule has 2 nitrogen and oxygen atoms in total. The maximum atomic E-state index is 5.80. The molecule has 16 heavy (non-hydrogen) atoms. The zero-order valence-electron chi connectivity index (χ0n) is 10.3. The topological polar surface area (TPSA) is 18.5 Å². The largest absolute Gasteiger partial charge is 0.351 e. The molecule has 2 rings (SSSR count). The summed E-state index contributed by atoms with van der Waals surface area (Å²) in [5, 5.41) is 0.765. The normalized spacial score (nSPS) is 44.5. The van der Waals surface area contributed by atoms with Crippen molar-refractivity contribution in [1.29, 1.82) is 0 Å². The van der Waals surface area contributed by atoms with Crippen molar-refractivity contribution < 1.29 is 9.47 Å². The van der Waals surface area contributed by atoms with Crippen LogP contribution in [0.2, 0.25) is 0 Å². The molecule has 0 aromatic carbocycles. The first-order valence-corrected chi connectivity index (χ1v) is 7.17. The maximum Gasteiger partial charge on any atom is 0.167 e. The number of allylic oxidation sites excluding steroid dienone is 2. The summed E-state index contributed by atoms with van der Waals surface area (Å²) in [6.45, 7) is 8.50. The van der Waals surface area contributed by atoms with E-state index < -0.39 is 0 Å². The molecule has 0 amide bonds. The summed E-state index contributed by atoms with van der Waals surface area (Å²) in [5.74, 6) is 1.19. The van der Waals surface area contributed by atoms with Crippen molar-refractivity contribution in [3.8, 4) is 0 Å². The van der Waals surface area contributed by atoms with E-state index in [4.69, 9.17) is 9.47 Å². The Hall–Kier alpha value is 0.140. The summed E-state index contributed by atoms with van der Waals surface area (Å²) in [6, 6.07) is 0. The third-order valence-corrected chi connectivity index (χ3v) is 4.78. The first kappa shape index (κ1) is 12.6. The summed E-state index contributed by atoms with van der Waals surface area (Å²) < 4.78 is 11.6. The van der Waals surface area contributed by atoms with Crippen LogP contribution in [0.3, 0.4) is 0 Å². The molecule has 0 bridgehead atoms. The fraction of sp³-hybridized carbons (Fsp3) is 0.846. The van der Waals surface area contributed by atoms with Gasteiger partial charge in [0.15, 0.2) is 6.29 Å². The molecule has 1 saturated heterocycles. The van der Waals surface area contributed by atoms with Crippen LogP contribution in [0.4, 0.5) is 0 Å². The highest BCUT2D eigenvalue weighted by Gasteiger charge is 2.46. The molecule has 1 spiro atoms. The predicted octanol–water partition coefficient (Wildman–Crippen LogP) is 3.36. The van der Waals surface area contributed by atoms with E-state index in [2.05, 4.69) is 42.8 Å². The van der Waals surface area contributed by atoms with Crippen molar-refractivity contribution in [2.24, 2.45) is 17.3 Å². The smallest absolute Gasteiger partial charge is 0.167 e. The Morgan fingerprint density at radius 2 is 2.00 bits per heavy atom. The van der Waals surface area contributed by atoms with E-state index in [0.29, 0.717) is 11.8 Å². The van der Waals surface area contributed by atoms with Crippen molar-refractivity contribution in [2.45, 2.75) is 33.5 Å². The van der Waals surface area contributed by atoms with Crippen LogP contribution in [0.5, 0.6) is 0 Å². The van der Waals surface area contributed by atoms with Crippen LogP contribution in [-0.4, -0.2) is 24.8 Å². The first-order valence-electron chi connectivity index (χ1n) is 6.05. The lowest BCUT2D eigenvalue weighted by Crippen LogP contribution is -2.51. The fourth-order valence-electron chi connectivity index (χ4n) is 3.02. The average molecular weight is 289 g/mol. The number of rotatable bonds is 1. The lowest BCUT2D eigenvalue weighted by molar-refractivity contribution is -0.239. The predicted molar refractivity (Wildman–Crippen MR) is 68.6 cm³/mol. The average Bonchev–Trinajstić information content (AvgIpc) is 2.27. The SMILES string of the molecule is CC1=C[C@@H](C)C2(COC(CBr)OC2)[C@H](C)C1. The Morgan fingerprint density at radius 3 is 2.50 bits per heavy atom. The molecule has 2 atom stereocenters. The van der Waals surface area contributed by atoms with Gasteiger partial charge >= 0.3 is 0 Å². The lowest BCUT2D eigenvalue weighted by Gasteiger charge is -2.49. The molecule has 0 aromatic rings. The molecule has 92 valence electrons. The summed E-state index contributed by atoms with van der Waals surface area (Å²) in [4.78, 5) is 0. The molecule has 0 aromatic heterocycles. The standard InChI is InChI=1S/C13H21BrO2/c1-9-4-10(2)13(11(3)5-9)7-15-12(6-14)16-8-13/h4,10-12H,5-8H2,1-3H3/t10-,11-,12?,13?/m1/s1. The van der Waals surface area contributed by atoms with E-state index in [9.17, 15) is 0 Å². The van der Waals surface area contributed by atoms with Crippen molar-refractivity contribution in [2.75, 3.05) is 18.5 Å². The van der Waals surface area contributed by atoms with Crippen LogP contribution in [0.1, 0.15) is 27.2 Å².